The van der Waals surface area contributed by atoms with Gasteiger partial charge in [-0.05, 0) is 44.2 Å². The fourth-order valence-corrected chi connectivity index (χ4v) is 3.09. The van der Waals surface area contributed by atoms with Gasteiger partial charge in [0.15, 0.2) is 5.82 Å². The van der Waals surface area contributed by atoms with Crippen LogP contribution in [0, 0.1) is 0 Å². The topological polar surface area (TPSA) is 120 Å². The van der Waals surface area contributed by atoms with Crippen LogP contribution in [0.15, 0.2) is 61.3 Å². The van der Waals surface area contributed by atoms with Gasteiger partial charge in [0.2, 0.25) is 0 Å². The molecule has 2 N–H and O–H groups in total. The summed E-state index contributed by atoms with van der Waals surface area (Å²) in [4.78, 5) is 33.8. The van der Waals surface area contributed by atoms with Gasteiger partial charge in [-0.15, -0.1) is 10.2 Å². The SMILES string of the molecule is CC(C)n1cnnc1-c1cccc(NC(=O)c2cccc(C(=O)Nc3cncn3C)c2)n1. The van der Waals surface area contributed by atoms with Crippen molar-refractivity contribution in [2.75, 3.05) is 10.6 Å². The van der Waals surface area contributed by atoms with Crippen LogP contribution in [0.5, 0.6) is 0 Å². The van der Waals surface area contributed by atoms with Crippen LogP contribution in [0.2, 0.25) is 0 Å². The number of imidazole rings is 1. The molecule has 0 aliphatic heterocycles. The molecule has 4 rings (SSSR count). The number of aryl methyl sites for hydroxylation is 1. The summed E-state index contributed by atoms with van der Waals surface area (Å²) in [5.74, 6) is 0.826. The van der Waals surface area contributed by atoms with Crippen LogP contribution in [0.3, 0.4) is 0 Å². The lowest BCUT2D eigenvalue weighted by atomic mass is 10.1. The second-order valence-corrected chi connectivity index (χ2v) is 7.44. The van der Waals surface area contributed by atoms with Crippen LogP contribution in [0.4, 0.5) is 11.6 Å². The molecule has 32 heavy (non-hydrogen) atoms. The minimum absolute atomic E-state index is 0.167. The molecule has 0 saturated carbocycles. The maximum absolute atomic E-state index is 12.8. The lowest BCUT2D eigenvalue weighted by molar-refractivity contribution is 0.102. The van der Waals surface area contributed by atoms with Gasteiger partial charge in [0.25, 0.3) is 11.8 Å². The van der Waals surface area contributed by atoms with E-state index in [1.54, 1.807) is 60.8 Å². The van der Waals surface area contributed by atoms with Gasteiger partial charge in [0.1, 0.15) is 23.7 Å². The maximum atomic E-state index is 12.8. The van der Waals surface area contributed by atoms with E-state index in [4.69, 9.17) is 0 Å². The molecule has 0 fully saturated rings. The molecule has 1 aromatic carbocycles. The summed E-state index contributed by atoms with van der Waals surface area (Å²) in [7, 11) is 1.78. The monoisotopic (exact) mass is 430 g/mol. The zero-order valence-corrected chi connectivity index (χ0v) is 17.9. The van der Waals surface area contributed by atoms with E-state index in [2.05, 4.69) is 30.8 Å². The third kappa shape index (κ3) is 4.38. The van der Waals surface area contributed by atoms with E-state index < -0.39 is 0 Å². The predicted molar refractivity (Wildman–Crippen MR) is 119 cm³/mol. The van der Waals surface area contributed by atoms with Crippen LogP contribution >= 0.6 is 0 Å². The van der Waals surface area contributed by atoms with Gasteiger partial charge in [-0.3, -0.25) is 9.59 Å². The first kappa shape index (κ1) is 20.9. The number of aromatic nitrogens is 6. The molecule has 0 unspecified atom stereocenters. The standard InChI is InChI=1S/C22H22N8O2/c1-14(2)30-13-24-28-20(30)17-8-5-9-18(25-17)26-21(31)15-6-4-7-16(10-15)22(32)27-19-11-23-12-29(19)3/h4-14H,1-3H3,(H,27,32)(H,25,26,31). The highest BCUT2D eigenvalue weighted by atomic mass is 16.2. The summed E-state index contributed by atoms with van der Waals surface area (Å²) in [5, 5.41) is 13.6. The molecule has 10 heteroatoms. The Kier molecular flexibility index (Phi) is 5.75. The first-order valence-electron chi connectivity index (χ1n) is 9.98. The molecule has 162 valence electrons. The number of benzene rings is 1. The summed E-state index contributed by atoms with van der Waals surface area (Å²) in [6.07, 6.45) is 4.78. The van der Waals surface area contributed by atoms with E-state index >= 15 is 0 Å². The Morgan fingerprint density at radius 1 is 0.969 bits per heavy atom. The van der Waals surface area contributed by atoms with E-state index in [9.17, 15) is 9.59 Å². The Morgan fingerprint density at radius 3 is 2.38 bits per heavy atom. The van der Waals surface area contributed by atoms with Gasteiger partial charge in [-0.1, -0.05) is 12.1 Å². The minimum atomic E-state index is -0.379. The van der Waals surface area contributed by atoms with Gasteiger partial charge >= 0.3 is 0 Å². The number of nitrogens with one attached hydrogen (secondary N) is 2. The van der Waals surface area contributed by atoms with Crippen molar-refractivity contribution in [3.63, 3.8) is 0 Å². The van der Waals surface area contributed by atoms with Crippen LogP contribution < -0.4 is 10.6 Å². The lowest BCUT2D eigenvalue weighted by Gasteiger charge is -2.11. The van der Waals surface area contributed by atoms with E-state index in [0.717, 1.165) is 0 Å². The smallest absolute Gasteiger partial charge is 0.256 e. The molecule has 0 aliphatic carbocycles. The highest BCUT2D eigenvalue weighted by Crippen LogP contribution is 2.20. The lowest BCUT2D eigenvalue weighted by Crippen LogP contribution is -2.17. The van der Waals surface area contributed by atoms with E-state index in [1.807, 2.05) is 24.5 Å². The van der Waals surface area contributed by atoms with Gasteiger partial charge in [0, 0.05) is 24.2 Å². The number of anilines is 2. The third-order valence-corrected chi connectivity index (χ3v) is 4.79. The number of rotatable bonds is 6. The molecule has 3 aromatic heterocycles. The largest absolute Gasteiger partial charge is 0.320 e. The first-order chi connectivity index (χ1) is 15.4. The Labute approximate surface area is 184 Å². The molecule has 0 atom stereocenters. The van der Waals surface area contributed by atoms with E-state index in [1.165, 1.54) is 6.07 Å². The van der Waals surface area contributed by atoms with Crippen LogP contribution in [0.1, 0.15) is 40.6 Å². The fourth-order valence-electron chi connectivity index (χ4n) is 3.09. The predicted octanol–water partition coefficient (Wildman–Crippen LogP) is 3.16. The molecular weight excluding hydrogens is 408 g/mol. The quantitative estimate of drug-likeness (QED) is 0.485. The van der Waals surface area contributed by atoms with Crippen LogP contribution in [0.25, 0.3) is 11.5 Å². The molecule has 2 amide bonds. The van der Waals surface area contributed by atoms with Crippen molar-refractivity contribution in [3.8, 4) is 11.5 Å². The highest BCUT2D eigenvalue weighted by Gasteiger charge is 2.15. The van der Waals surface area contributed by atoms with E-state index in [0.29, 0.717) is 34.3 Å². The van der Waals surface area contributed by atoms with E-state index in [-0.39, 0.29) is 17.9 Å². The Morgan fingerprint density at radius 2 is 1.69 bits per heavy atom. The van der Waals surface area contributed by atoms with Crippen molar-refractivity contribution < 1.29 is 9.59 Å². The van der Waals surface area contributed by atoms with Gasteiger partial charge in [-0.2, -0.15) is 0 Å². The molecule has 3 heterocycles. The number of hydrogen-bond acceptors (Lipinski definition) is 6. The van der Waals surface area contributed by atoms with Crippen molar-refractivity contribution in [2.24, 2.45) is 7.05 Å². The average molecular weight is 430 g/mol. The fraction of sp³-hybridized carbons (Fsp3) is 0.182. The summed E-state index contributed by atoms with van der Waals surface area (Å²) in [6.45, 7) is 4.05. The van der Waals surface area contributed by atoms with Gasteiger partial charge < -0.3 is 19.8 Å². The normalized spacial score (nSPS) is 10.9. The highest BCUT2D eigenvalue weighted by molar-refractivity contribution is 6.08. The second-order valence-electron chi connectivity index (χ2n) is 7.44. The molecule has 0 spiro atoms. The van der Waals surface area contributed by atoms with Crippen molar-refractivity contribution in [3.05, 3.63) is 72.4 Å². The second kappa shape index (κ2) is 8.80. The number of hydrogen-bond donors (Lipinski definition) is 2. The molecule has 10 nitrogen and oxygen atoms in total. The third-order valence-electron chi connectivity index (χ3n) is 4.79. The number of amides is 2. The van der Waals surface area contributed by atoms with Crippen molar-refractivity contribution >= 4 is 23.5 Å². The summed E-state index contributed by atoms with van der Waals surface area (Å²) in [6, 6.07) is 11.9. The Hall–Kier alpha value is -4.34. The number of carbonyl (C=O) groups is 2. The average Bonchev–Trinajstić information content (AvgIpc) is 3.43. The molecule has 0 saturated heterocycles. The summed E-state index contributed by atoms with van der Waals surface area (Å²) < 4.78 is 3.59. The van der Waals surface area contributed by atoms with Gasteiger partial charge in [0.05, 0.1) is 12.5 Å². The molecule has 4 aromatic rings. The minimum Gasteiger partial charge on any atom is -0.320 e. The Balaban J connectivity index is 1.51. The number of nitrogens with zero attached hydrogens (tertiary/aromatic N) is 6. The maximum Gasteiger partial charge on any atom is 0.256 e. The molecule has 0 bridgehead atoms. The van der Waals surface area contributed by atoms with Crippen LogP contribution in [-0.4, -0.2) is 41.1 Å². The summed E-state index contributed by atoms with van der Waals surface area (Å²) >= 11 is 0. The van der Waals surface area contributed by atoms with Crippen molar-refractivity contribution in [2.45, 2.75) is 19.9 Å². The molecule has 0 aliphatic rings. The van der Waals surface area contributed by atoms with Gasteiger partial charge in [-0.25, -0.2) is 9.97 Å². The first-order valence-corrected chi connectivity index (χ1v) is 9.98. The zero-order valence-electron chi connectivity index (χ0n) is 17.9. The van der Waals surface area contributed by atoms with Crippen LogP contribution in [-0.2, 0) is 7.05 Å². The molecular formula is C22H22N8O2. The number of pyridine rings is 1. The Bertz CT molecular complexity index is 1270. The van der Waals surface area contributed by atoms with Crippen molar-refractivity contribution in [1.29, 1.82) is 0 Å². The molecule has 0 radical (unpaired) electrons. The zero-order chi connectivity index (χ0) is 22.7. The van der Waals surface area contributed by atoms with Crippen molar-refractivity contribution in [1.82, 2.24) is 29.3 Å². The number of carbonyl (C=O) groups excluding carboxylic acids is 2. The summed E-state index contributed by atoms with van der Waals surface area (Å²) in [5.41, 5.74) is 1.28.